The van der Waals surface area contributed by atoms with E-state index in [1.807, 2.05) is 0 Å². The maximum Gasteiger partial charge on any atom is 0.334 e. The molecule has 0 bridgehead atoms. The molecule has 0 radical (unpaired) electrons. The average Bonchev–Trinajstić information content (AvgIpc) is 2.41. The molecule has 2 unspecified atom stereocenters. The summed E-state index contributed by atoms with van der Waals surface area (Å²) < 4.78 is 4.62. The minimum absolute atomic E-state index is 0.146. The van der Waals surface area contributed by atoms with Crippen molar-refractivity contribution in [2.24, 2.45) is 5.73 Å². The normalized spacial score (nSPS) is 12.8. The predicted molar refractivity (Wildman–Crippen MR) is 80.3 cm³/mol. The number of carboxylic acids is 1. The van der Waals surface area contributed by atoms with Gasteiger partial charge in [0.2, 0.25) is 0 Å². The van der Waals surface area contributed by atoms with Crippen LogP contribution in [-0.2, 0) is 20.7 Å². The number of phenolic OH excluding ortho intramolecular Hbond substituents is 1. The highest BCUT2D eigenvalue weighted by Crippen LogP contribution is 2.10. The molecule has 0 amide bonds. The van der Waals surface area contributed by atoms with E-state index in [9.17, 15) is 9.59 Å². The molecular formula is C15H23NO6. The van der Waals surface area contributed by atoms with E-state index in [1.165, 1.54) is 19.1 Å². The highest BCUT2D eigenvalue weighted by atomic mass is 16.6. The molecule has 1 aromatic rings. The van der Waals surface area contributed by atoms with E-state index >= 15 is 0 Å². The van der Waals surface area contributed by atoms with Gasteiger partial charge in [0.1, 0.15) is 17.9 Å². The van der Waals surface area contributed by atoms with Gasteiger partial charge in [-0.3, -0.25) is 4.79 Å². The van der Waals surface area contributed by atoms with Gasteiger partial charge in [-0.15, -0.1) is 0 Å². The summed E-state index contributed by atoms with van der Waals surface area (Å²) in [6.45, 7) is 4.85. The molecule has 1 aromatic carbocycles. The molecule has 2 atom stereocenters. The van der Waals surface area contributed by atoms with Gasteiger partial charge in [0, 0.05) is 0 Å². The van der Waals surface area contributed by atoms with Gasteiger partial charge >= 0.3 is 11.9 Å². The minimum Gasteiger partial charge on any atom is -0.508 e. The van der Waals surface area contributed by atoms with E-state index in [1.54, 1.807) is 26.0 Å². The second-order valence-electron chi connectivity index (χ2n) is 4.98. The number of aromatic hydroxyl groups is 1. The second kappa shape index (κ2) is 9.75. The Balaban J connectivity index is 0.000000433. The molecular weight excluding hydrogens is 290 g/mol. The van der Waals surface area contributed by atoms with Crippen molar-refractivity contribution >= 4 is 11.9 Å². The SMILES string of the molecule is CC(C)OC(=O)C(C)O.NC(Cc1ccc(O)cc1)C(=O)O. The molecule has 0 saturated heterocycles. The summed E-state index contributed by atoms with van der Waals surface area (Å²) in [5.74, 6) is -1.43. The lowest BCUT2D eigenvalue weighted by Crippen LogP contribution is -2.32. The van der Waals surface area contributed by atoms with E-state index in [0.29, 0.717) is 0 Å². The summed E-state index contributed by atoms with van der Waals surface area (Å²) in [4.78, 5) is 20.9. The summed E-state index contributed by atoms with van der Waals surface area (Å²) in [6, 6.07) is 5.42. The zero-order chi connectivity index (χ0) is 17.3. The van der Waals surface area contributed by atoms with Gasteiger partial charge in [0.15, 0.2) is 0 Å². The number of aliphatic carboxylic acids is 1. The molecule has 0 heterocycles. The van der Waals surface area contributed by atoms with Gasteiger partial charge in [0.05, 0.1) is 6.10 Å². The molecule has 5 N–H and O–H groups in total. The minimum atomic E-state index is -1.02. The van der Waals surface area contributed by atoms with Gasteiger partial charge in [-0.25, -0.2) is 4.79 Å². The first-order chi connectivity index (χ1) is 10.1. The quantitative estimate of drug-likeness (QED) is 0.587. The maximum atomic E-state index is 10.5. The van der Waals surface area contributed by atoms with E-state index in [4.69, 9.17) is 21.1 Å². The number of aliphatic hydroxyl groups is 1. The first-order valence-corrected chi connectivity index (χ1v) is 6.78. The molecule has 1 rings (SSSR count). The Morgan fingerprint density at radius 1 is 1.18 bits per heavy atom. The van der Waals surface area contributed by atoms with Crippen LogP contribution in [0.2, 0.25) is 0 Å². The topological polar surface area (TPSA) is 130 Å². The molecule has 0 aliphatic rings. The zero-order valence-electron chi connectivity index (χ0n) is 12.9. The number of esters is 1. The summed E-state index contributed by atoms with van der Waals surface area (Å²) >= 11 is 0. The Morgan fingerprint density at radius 2 is 1.68 bits per heavy atom. The smallest absolute Gasteiger partial charge is 0.334 e. The number of phenols is 1. The summed E-state index contributed by atoms with van der Waals surface area (Å²) in [6.07, 6.45) is -0.880. The van der Waals surface area contributed by atoms with Gasteiger partial charge in [0.25, 0.3) is 0 Å². The van der Waals surface area contributed by atoms with E-state index in [-0.39, 0.29) is 18.3 Å². The van der Waals surface area contributed by atoms with Crippen molar-refractivity contribution in [2.45, 2.75) is 45.4 Å². The molecule has 0 saturated carbocycles. The fourth-order valence-electron chi connectivity index (χ4n) is 1.30. The summed E-state index contributed by atoms with van der Waals surface area (Å²) in [5.41, 5.74) is 6.12. The van der Waals surface area contributed by atoms with Crippen LogP contribution in [0.25, 0.3) is 0 Å². The number of rotatable bonds is 5. The van der Waals surface area contributed by atoms with Crippen LogP contribution in [0.1, 0.15) is 26.3 Å². The molecule has 7 heteroatoms. The number of nitrogens with two attached hydrogens (primary N) is 1. The van der Waals surface area contributed by atoms with Gasteiger partial charge < -0.3 is 25.8 Å². The number of ether oxygens (including phenoxy) is 1. The highest BCUT2D eigenvalue weighted by Gasteiger charge is 2.11. The monoisotopic (exact) mass is 313 g/mol. The predicted octanol–water partition coefficient (Wildman–Crippen LogP) is 0.665. The molecule has 0 spiro atoms. The number of aliphatic hydroxyl groups excluding tert-OH is 1. The molecule has 7 nitrogen and oxygen atoms in total. The maximum absolute atomic E-state index is 10.5. The third-order valence-corrected chi connectivity index (χ3v) is 2.40. The lowest BCUT2D eigenvalue weighted by atomic mass is 10.1. The Kier molecular flexibility index (Phi) is 8.81. The Labute approximate surface area is 129 Å². The molecule has 0 aliphatic heterocycles. The van der Waals surface area contributed by atoms with E-state index < -0.39 is 24.1 Å². The van der Waals surface area contributed by atoms with Crippen molar-refractivity contribution in [1.29, 1.82) is 0 Å². The van der Waals surface area contributed by atoms with Crippen molar-refractivity contribution in [2.75, 3.05) is 0 Å². The van der Waals surface area contributed by atoms with Crippen LogP contribution in [-0.4, -0.2) is 45.5 Å². The van der Waals surface area contributed by atoms with Crippen molar-refractivity contribution in [1.82, 2.24) is 0 Å². The number of hydrogen-bond donors (Lipinski definition) is 4. The van der Waals surface area contributed by atoms with Gasteiger partial charge in [-0.05, 0) is 44.9 Å². The molecule has 0 aliphatic carbocycles. The van der Waals surface area contributed by atoms with Crippen LogP contribution in [0.3, 0.4) is 0 Å². The van der Waals surface area contributed by atoms with E-state index in [0.717, 1.165) is 5.56 Å². The van der Waals surface area contributed by atoms with Crippen LogP contribution in [0.5, 0.6) is 5.75 Å². The van der Waals surface area contributed by atoms with Crippen LogP contribution in [0, 0.1) is 0 Å². The first kappa shape index (κ1) is 19.9. The van der Waals surface area contributed by atoms with Crippen molar-refractivity contribution in [3.8, 4) is 5.75 Å². The molecule has 124 valence electrons. The number of carboxylic acid groups (broad SMARTS) is 1. The lowest BCUT2D eigenvalue weighted by molar-refractivity contribution is -0.156. The Bertz CT molecular complexity index is 469. The fourth-order valence-corrected chi connectivity index (χ4v) is 1.30. The number of hydrogen-bond acceptors (Lipinski definition) is 6. The van der Waals surface area contributed by atoms with Crippen molar-refractivity contribution in [3.05, 3.63) is 29.8 Å². The van der Waals surface area contributed by atoms with Crippen LogP contribution < -0.4 is 5.73 Å². The van der Waals surface area contributed by atoms with E-state index in [2.05, 4.69) is 4.74 Å². The Morgan fingerprint density at radius 3 is 2.00 bits per heavy atom. The third-order valence-electron chi connectivity index (χ3n) is 2.40. The fraction of sp³-hybridized carbons (Fsp3) is 0.467. The average molecular weight is 313 g/mol. The van der Waals surface area contributed by atoms with Crippen LogP contribution >= 0.6 is 0 Å². The van der Waals surface area contributed by atoms with Gasteiger partial charge in [-0.1, -0.05) is 12.1 Å². The Hall–Kier alpha value is -2.12. The summed E-state index contributed by atoms with van der Waals surface area (Å²) in [7, 11) is 0. The van der Waals surface area contributed by atoms with Gasteiger partial charge in [-0.2, -0.15) is 0 Å². The number of carbonyl (C=O) groups excluding carboxylic acids is 1. The molecule has 0 aromatic heterocycles. The van der Waals surface area contributed by atoms with Crippen molar-refractivity contribution in [3.63, 3.8) is 0 Å². The molecule has 22 heavy (non-hydrogen) atoms. The number of benzene rings is 1. The number of carbonyl (C=O) groups is 2. The van der Waals surface area contributed by atoms with Crippen molar-refractivity contribution < 1.29 is 29.6 Å². The highest BCUT2D eigenvalue weighted by molar-refractivity contribution is 5.74. The van der Waals surface area contributed by atoms with Crippen LogP contribution in [0.15, 0.2) is 24.3 Å². The third kappa shape index (κ3) is 8.93. The summed E-state index contributed by atoms with van der Waals surface area (Å²) in [5, 5.41) is 26.1. The molecule has 0 fully saturated rings. The largest absolute Gasteiger partial charge is 0.508 e. The first-order valence-electron chi connectivity index (χ1n) is 6.78. The lowest BCUT2D eigenvalue weighted by Gasteiger charge is -2.08. The zero-order valence-corrected chi connectivity index (χ0v) is 12.9. The van der Waals surface area contributed by atoms with Crippen LogP contribution in [0.4, 0.5) is 0 Å². The second-order valence-corrected chi connectivity index (χ2v) is 4.98. The standard InChI is InChI=1S/C9H11NO3.C6H12O3/c10-8(9(12)13)5-6-1-3-7(11)4-2-6;1-4(2)9-6(8)5(3)7/h1-4,8,11H,5,10H2,(H,12,13);4-5,7H,1-3H3.